The molecule has 0 saturated heterocycles. The fourth-order valence-electron chi connectivity index (χ4n) is 3.33. The lowest BCUT2D eigenvalue weighted by atomic mass is 9.99. The van der Waals surface area contributed by atoms with Gasteiger partial charge in [-0.25, -0.2) is 4.98 Å². The molecule has 0 fully saturated rings. The molecular formula is C23H21N3OS. The molecule has 5 heteroatoms. The summed E-state index contributed by atoms with van der Waals surface area (Å²) in [7, 11) is 0. The van der Waals surface area contributed by atoms with Crippen LogP contribution < -0.4 is 10.6 Å². The quantitative estimate of drug-likeness (QED) is 0.452. The highest BCUT2D eigenvalue weighted by atomic mass is 32.1. The number of nitrogens with zero attached hydrogens (tertiary/aromatic N) is 1. The third kappa shape index (κ3) is 3.75. The van der Waals surface area contributed by atoms with Crippen LogP contribution in [0, 0.1) is 6.92 Å². The molecule has 3 aromatic carbocycles. The van der Waals surface area contributed by atoms with Crippen molar-refractivity contribution in [1.82, 2.24) is 10.3 Å². The molecule has 4 nitrogen and oxygen atoms in total. The molecule has 140 valence electrons. The number of aryl methyl sites for hydroxylation is 1. The number of nitrogens with one attached hydrogen (secondary N) is 2. The van der Waals surface area contributed by atoms with E-state index in [1.807, 2.05) is 55.6 Å². The van der Waals surface area contributed by atoms with Crippen molar-refractivity contribution in [2.45, 2.75) is 19.9 Å². The summed E-state index contributed by atoms with van der Waals surface area (Å²) < 4.78 is 0. The molecule has 0 radical (unpaired) electrons. The zero-order valence-corrected chi connectivity index (χ0v) is 16.6. The van der Waals surface area contributed by atoms with Gasteiger partial charge in [0.1, 0.15) is 0 Å². The standard InChI is InChI=1S/C23H21N3OS/c1-15-10-11-18(26-23-24-12-13-28-23)14-21(15)22(27)25-16(2)19-9-5-7-17-6-3-4-8-20(17)19/h3-14,16H,1-2H3,(H,24,26)(H,25,27). The minimum atomic E-state index is -0.103. The van der Waals surface area contributed by atoms with Crippen LogP contribution >= 0.6 is 11.3 Å². The summed E-state index contributed by atoms with van der Waals surface area (Å²) in [6, 6.07) is 20.1. The van der Waals surface area contributed by atoms with E-state index in [2.05, 4.69) is 39.9 Å². The van der Waals surface area contributed by atoms with Crippen LogP contribution in [0.4, 0.5) is 10.8 Å². The molecule has 4 rings (SSSR count). The predicted molar refractivity (Wildman–Crippen MR) is 116 cm³/mol. The van der Waals surface area contributed by atoms with Gasteiger partial charge in [0, 0.05) is 22.8 Å². The van der Waals surface area contributed by atoms with E-state index in [1.54, 1.807) is 6.20 Å². The molecule has 1 amide bonds. The molecule has 0 saturated carbocycles. The van der Waals surface area contributed by atoms with Gasteiger partial charge in [-0.15, -0.1) is 11.3 Å². The van der Waals surface area contributed by atoms with Crippen molar-refractivity contribution in [3.05, 3.63) is 88.9 Å². The van der Waals surface area contributed by atoms with Crippen LogP contribution in [0.2, 0.25) is 0 Å². The van der Waals surface area contributed by atoms with Crippen LogP contribution in [0.25, 0.3) is 10.8 Å². The minimum absolute atomic E-state index is 0.0827. The Hall–Kier alpha value is -3.18. The Morgan fingerprint density at radius 1 is 1.07 bits per heavy atom. The van der Waals surface area contributed by atoms with E-state index >= 15 is 0 Å². The van der Waals surface area contributed by atoms with Gasteiger partial charge in [-0.2, -0.15) is 0 Å². The minimum Gasteiger partial charge on any atom is -0.345 e. The maximum atomic E-state index is 13.0. The normalized spacial score (nSPS) is 11.9. The fourth-order valence-corrected chi connectivity index (χ4v) is 3.88. The molecule has 1 heterocycles. The second kappa shape index (κ2) is 7.82. The molecule has 0 aliphatic heterocycles. The number of amides is 1. The lowest BCUT2D eigenvalue weighted by molar-refractivity contribution is 0.0939. The molecule has 4 aromatic rings. The highest BCUT2D eigenvalue weighted by Gasteiger charge is 2.16. The van der Waals surface area contributed by atoms with Gasteiger partial charge in [0.15, 0.2) is 5.13 Å². The van der Waals surface area contributed by atoms with Crippen molar-refractivity contribution in [2.24, 2.45) is 0 Å². The second-order valence-electron chi connectivity index (χ2n) is 6.76. The van der Waals surface area contributed by atoms with Gasteiger partial charge >= 0.3 is 0 Å². The SMILES string of the molecule is Cc1ccc(Nc2nccs2)cc1C(=O)NC(C)c1cccc2ccccc12. The van der Waals surface area contributed by atoms with Crippen LogP contribution in [-0.4, -0.2) is 10.9 Å². The summed E-state index contributed by atoms with van der Waals surface area (Å²) >= 11 is 1.52. The number of fused-ring (bicyclic) bond motifs is 1. The molecule has 1 unspecified atom stereocenters. The molecule has 0 aliphatic carbocycles. The highest BCUT2D eigenvalue weighted by Crippen LogP contribution is 2.25. The van der Waals surface area contributed by atoms with E-state index in [9.17, 15) is 4.79 Å². The third-order valence-corrected chi connectivity index (χ3v) is 5.49. The number of aromatic nitrogens is 1. The highest BCUT2D eigenvalue weighted by molar-refractivity contribution is 7.13. The first-order chi connectivity index (χ1) is 13.6. The molecule has 28 heavy (non-hydrogen) atoms. The van der Waals surface area contributed by atoms with Crippen molar-refractivity contribution in [1.29, 1.82) is 0 Å². The van der Waals surface area contributed by atoms with E-state index < -0.39 is 0 Å². The number of hydrogen-bond donors (Lipinski definition) is 2. The Balaban J connectivity index is 1.57. The monoisotopic (exact) mass is 387 g/mol. The van der Waals surface area contributed by atoms with Gasteiger partial charge < -0.3 is 10.6 Å². The van der Waals surface area contributed by atoms with Crippen LogP contribution in [0.15, 0.2) is 72.2 Å². The van der Waals surface area contributed by atoms with E-state index in [-0.39, 0.29) is 11.9 Å². The first-order valence-corrected chi connectivity index (χ1v) is 10.1. The van der Waals surface area contributed by atoms with Crippen LogP contribution in [0.1, 0.15) is 34.5 Å². The van der Waals surface area contributed by atoms with Gasteiger partial charge in [-0.1, -0.05) is 48.5 Å². The van der Waals surface area contributed by atoms with Crippen molar-refractivity contribution >= 4 is 38.8 Å². The number of hydrogen-bond acceptors (Lipinski definition) is 4. The molecule has 1 atom stereocenters. The van der Waals surface area contributed by atoms with Gasteiger partial charge in [0.05, 0.1) is 6.04 Å². The first kappa shape index (κ1) is 18.2. The fraction of sp³-hybridized carbons (Fsp3) is 0.130. The summed E-state index contributed by atoms with van der Waals surface area (Å²) in [5.41, 5.74) is 3.56. The lowest BCUT2D eigenvalue weighted by Crippen LogP contribution is -2.27. The Kier molecular flexibility index (Phi) is 5.08. The number of carbonyl (C=O) groups is 1. The van der Waals surface area contributed by atoms with Crippen molar-refractivity contribution in [3.8, 4) is 0 Å². The summed E-state index contributed by atoms with van der Waals surface area (Å²) in [5, 5.41) is 11.4. The zero-order valence-electron chi connectivity index (χ0n) is 15.8. The molecule has 0 spiro atoms. The number of rotatable bonds is 5. The van der Waals surface area contributed by atoms with E-state index in [0.29, 0.717) is 5.56 Å². The average Bonchev–Trinajstić information content (AvgIpc) is 3.22. The Labute approximate surface area is 168 Å². The zero-order chi connectivity index (χ0) is 19.5. The number of thiazole rings is 1. The Morgan fingerprint density at radius 2 is 1.89 bits per heavy atom. The second-order valence-corrected chi connectivity index (χ2v) is 7.65. The van der Waals surface area contributed by atoms with E-state index in [4.69, 9.17) is 0 Å². The Morgan fingerprint density at radius 3 is 2.71 bits per heavy atom. The molecule has 2 N–H and O–H groups in total. The lowest BCUT2D eigenvalue weighted by Gasteiger charge is -2.18. The maximum Gasteiger partial charge on any atom is 0.252 e. The molecule has 0 aliphatic rings. The molecular weight excluding hydrogens is 366 g/mol. The van der Waals surface area contributed by atoms with E-state index in [0.717, 1.165) is 27.3 Å². The summed E-state index contributed by atoms with van der Waals surface area (Å²) in [6.45, 7) is 3.97. The predicted octanol–water partition coefficient (Wildman–Crippen LogP) is 5.84. The smallest absolute Gasteiger partial charge is 0.252 e. The topological polar surface area (TPSA) is 54.0 Å². The van der Waals surface area contributed by atoms with E-state index in [1.165, 1.54) is 16.7 Å². The first-order valence-electron chi connectivity index (χ1n) is 9.17. The maximum absolute atomic E-state index is 13.0. The molecule has 1 aromatic heterocycles. The summed E-state index contributed by atoms with van der Waals surface area (Å²) in [6.07, 6.45) is 1.75. The van der Waals surface area contributed by atoms with Crippen LogP contribution in [-0.2, 0) is 0 Å². The third-order valence-electron chi connectivity index (χ3n) is 4.80. The van der Waals surface area contributed by atoms with Gasteiger partial charge in [-0.05, 0) is 47.9 Å². The number of benzene rings is 3. The molecule has 0 bridgehead atoms. The van der Waals surface area contributed by atoms with Crippen molar-refractivity contribution in [2.75, 3.05) is 5.32 Å². The Bertz CT molecular complexity index is 1120. The van der Waals surface area contributed by atoms with Crippen LogP contribution in [0.5, 0.6) is 0 Å². The van der Waals surface area contributed by atoms with Crippen LogP contribution in [0.3, 0.4) is 0 Å². The number of anilines is 2. The van der Waals surface area contributed by atoms with Gasteiger partial charge in [0.2, 0.25) is 0 Å². The average molecular weight is 388 g/mol. The summed E-state index contributed by atoms with van der Waals surface area (Å²) in [5.74, 6) is -0.0827. The van der Waals surface area contributed by atoms with Crippen molar-refractivity contribution < 1.29 is 4.79 Å². The van der Waals surface area contributed by atoms with Gasteiger partial charge in [0.25, 0.3) is 5.91 Å². The number of carbonyl (C=O) groups excluding carboxylic acids is 1. The van der Waals surface area contributed by atoms with Gasteiger partial charge in [-0.3, -0.25) is 4.79 Å². The van der Waals surface area contributed by atoms with Crippen molar-refractivity contribution in [3.63, 3.8) is 0 Å². The summed E-state index contributed by atoms with van der Waals surface area (Å²) in [4.78, 5) is 17.2. The largest absolute Gasteiger partial charge is 0.345 e.